The quantitative estimate of drug-likeness (QED) is 0.592. The van der Waals surface area contributed by atoms with Crippen LogP contribution in [0, 0.1) is 11.8 Å². The van der Waals surface area contributed by atoms with Crippen molar-refractivity contribution in [2.45, 2.75) is 45.6 Å². The highest BCUT2D eigenvalue weighted by Gasteiger charge is 2.16. The summed E-state index contributed by atoms with van der Waals surface area (Å²) in [7, 11) is 0. The van der Waals surface area contributed by atoms with E-state index in [0.29, 0.717) is 19.1 Å². The molecule has 0 spiro atoms. The van der Waals surface area contributed by atoms with Gasteiger partial charge in [-0.1, -0.05) is 33.1 Å². The minimum Gasteiger partial charge on any atom is -0.389 e. The van der Waals surface area contributed by atoms with Crippen LogP contribution >= 0.6 is 0 Å². The van der Waals surface area contributed by atoms with Gasteiger partial charge in [0.2, 0.25) is 0 Å². The molecule has 1 aliphatic carbocycles. The molecule has 0 saturated heterocycles. The van der Waals surface area contributed by atoms with Gasteiger partial charge >= 0.3 is 0 Å². The van der Waals surface area contributed by atoms with Crippen molar-refractivity contribution >= 4 is 0 Å². The van der Waals surface area contributed by atoms with Gasteiger partial charge in [-0.2, -0.15) is 0 Å². The van der Waals surface area contributed by atoms with Crippen LogP contribution in [-0.2, 0) is 4.74 Å². The lowest BCUT2D eigenvalue weighted by molar-refractivity contribution is 0.0260. The lowest BCUT2D eigenvalue weighted by atomic mass is 9.83. The van der Waals surface area contributed by atoms with Gasteiger partial charge in [0.15, 0.2) is 0 Å². The second-order valence-electron chi connectivity index (χ2n) is 5.37. The van der Waals surface area contributed by atoms with Gasteiger partial charge in [-0.05, 0) is 24.8 Å². The van der Waals surface area contributed by atoms with Crippen molar-refractivity contribution in [1.82, 2.24) is 5.32 Å². The number of aliphatic hydroxyl groups excluding tert-OH is 1. The lowest BCUT2D eigenvalue weighted by Crippen LogP contribution is -2.32. The molecule has 3 nitrogen and oxygen atoms in total. The van der Waals surface area contributed by atoms with Crippen LogP contribution in [0.3, 0.4) is 0 Å². The van der Waals surface area contributed by atoms with Crippen LogP contribution in [0.15, 0.2) is 0 Å². The summed E-state index contributed by atoms with van der Waals surface area (Å²) in [6.07, 6.45) is 5.12. The Bertz CT molecular complexity index is 169. The molecule has 96 valence electrons. The standard InChI is InChI=1S/C13H27NO2/c1-11(2)9-16-10-13(15)8-14-7-6-12-4-3-5-12/h11-15H,3-10H2,1-2H3. The first-order chi connectivity index (χ1) is 7.68. The van der Waals surface area contributed by atoms with Crippen LogP contribution in [0.25, 0.3) is 0 Å². The number of hydrogen-bond acceptors (Lipinski definition) is 3. The Morgan fingerprint density at radius 3 is 2.62 bits per heavy atom. The van der Waals surface area contributed by atoms with E-state index >= 15 is 0 Å². The van der Waals surface area contributed by atoms with E-state index in [0.717, 1.165) is 19.1 Å². The second-order valence-corrected chi connectivity index (χ2v) is 5.37. The molecule has 1 aliphatic rings. The summed E-state index contributed by atoms with van der Waals surface area (Å²) in [6.45, 7) is 7.11. The first kappa shape index (κ1) is 13.9. The molecule has 1 unspecified atom stereocenters. The van der Waals surface area contributed by atoms with E-state index in [9.17, 15) is 5.11 Å². The van der Waals surface area contributed by atoms with Gasteiger partial charge in [-0.25, -0.2) is 0 Å². The van der Waals surface area contributed by atoms with E-state index in [4.69, 9.17) is 4.74 Å². The Kier molecular flexibility index (Phi) is 7.01. The number of nitrogens with one attached hydrogen (secondary N) is 1. The van der Waals surface area contributed by atoms with Crippen molar-refractivity contribution in [3.63, 3.8) is 0 Å². The monoisotopic (exact) mass is 229 g/mol. The average molecular weight is 229 g/mol. The maximum absolute atomic E-state index is 9.61. The van der Waals surface area contributed by atoms with Crippen molar-refractivity contribution in [3.8, 4) is 0 Å². The largest absolute Gasteiger partial charge is 0.389 e. The molecule has 3 heteroatoms. The highest BCUT2D eigenvalue weighted by Crippen LogP contribution is 2.28. The summed E-state index contributed by atoms with van der Waals surface area (Å²) in [5.41, 5.74) is 0. The molecule has 0 heterocycles. The summed E-state index contributed by atoms with van der Waals surface area (Å²) in [5, 5.41) is 12.9. The molecule has 1 rings (SSSR count). The van der Waals surface area contributed by atoms with Crippen molar-refractivity contribution < 1.29 is 9.84 Å². The first-order valence-corrected chi connectivity index (χ1v) is 6.65. The first-order valence-electron chi connectivity index (χ1n) is 6.65. The Balaban J connectivity index is 1.83. The van der Waals surface area contributed by atoms with E-state index in [-0.39, 0.29) is 6.10 Å². The zero-order valence-corrected chi connectivity index (χ0v) is 10.7. The zero-order chi connectivity index (χ0) is 11.8. The molecule has 0 aromatic rings. The molecular formula is C13H27NO2. The third kappa shape index (κ3) is 6.46. The van der Waals surface area contributed by atoms with Gasteiger partial charge < -0.3 is 15.2 Å². The SMILES string of the molecule is CC(C)COCC(O)CNCCC1CCC1. The predicted molar refractivity (Wildman–Crippen MR) is 66.5 cm³/mol. The Hall–Kier alpha value is -0.120. The molecule has 0 bridgehead atoms. The van der Waals surface area contributed by atoms with Crippen LogP contribution in [0.4, 0.5) is 0 Å². The van der Waals surface area contributed by atoms with Crippen molar-refractivity contribution in [1.29, 1.82) is 0 Å². The minimum atomic E-state index is -0.361. The molecule has 0 aliphatic heterocycles. The third-order valence-corrected chi connectivity index (χ3v) is 3.10. The third-order valence-electron chi connectivity index (χ3n) is 3.10. The van der Waals surface area contributed by atoms with Crippen LogP contribution in [-0.4, -0.2) is 37.5 Å². The molecular weight excluding hydrogens is 202 g/mol. The van der Waals surface area contributed by atoms with Crippen molar-refractivity contribution in [2.75, 3.05) is 26.3 Å². The summed E-state index contributed by atoms with van der Waals surface area (Å²) in [4.78, 5) is 0. The summed E-state index contributed by atoms with van der Waals surface area (Å²) in [6, 6.07) is 0. The molecule has 16 heavy (non-hydrogen) atoms. The summed E-state index contributed by atoms with van der Waals surface area (Å²) < 4.78 is 5.38. The van der Waals surface area contributed by atoms with Crippen molar-refractivity contribution in [2.24, 2.45) is 11.8 Å². The van der Waals surface area contributed by atoms with Crippen LogP contribution in [0.5, 0.6) is 0 Å². The maximum atomic E-state index is 9.61. The molecule has 1 fully saturated rings. The van der Waals surface area contributed by atoms with Gasteiger partial charge in [-0.15, -0.1) is 0 Å². The molecule has 0 amide bonds. The highest BCUT2D eigenvalue weighted by molar-refractivity contribution is 4.70. The molecule has 2 N–H and O–H groups in total. The number of aliphatic hydroxyl groups is 1. The van der Waals surface area contributed by atoms with E-state index in [1.165, 1.54) is 25.7 Å². The molecule has 0 aromatic carbocycles. The van der Waals surface area contributed by atoms with E-state index in [1.807, 2.05) is 0 Å². The number of rotatable bonds is 9. The highest BCUT2D eigenvalue weighted by atomic mass is 16.5. The van der Waals surface area contributed by atoms with Crippen LogP contribution in [0.1, 0.15) is 39.5 Å². The number of ether oxygens (including phenoxy) is 1. The fourth-order valence-corrected chi connectivity index (χ4v) is 1.86. The predicted octanol–water partition coefficient (Wildman–Crippen LogP) is 1.80. The Labute approximate surface area is 99.6 Å². The maximum Gasteiger partial charge on any atom is 0.0897 e. The second kappa shape index (κ2) is 8.04. The average Bonchev–Trinajstić information content (AvgIpc) is 2.14. The molecule has 1 saturated carbocycles. The van der Waals surface area contributed by atoms with Crippen LogP contribution in [0.2, 0.25) is 0 Å². The van der Waals surface area contributed by atoms with Gasteiger partial charge in [-0.3, -0.25) is 0 Å². The van der Waals surface area contributed by atoms with Gasteiger partial charge in [0.1, 0.15) is 0 Å². The van der Waals surface area contributed by atoms with E-state index in [1.54, 1.807) is 0 Å². The Morgan fingerprint density at radius 1 is 1.31 bits per heavy atom. The van der Waals surface area contributed by atoms with E-state index < -0.39 is 0 Å². The molecule has 1 atom stereocenters. The number of hydrogen-bond donors (Lipinski definition) is 2. The normalized spacial score (nSPS) is 18.8. The molecule has 0 radical (unpaired) electrons. The van der Waals surface area contributed by atoms with Crippen molar-refractivity contribution in [3.05, 3.63) is 0 Å². The van der Waals surface area contributed by atoms with E-state index in [2.05, 4.69) is 19.2 Å². The van der Waals surface area contributed by atoms with Gasteiger partial charge in [0, 0.05) is 13.2 Å². The molecule has 0 aromatic heterocycles. The lowest BCUT2D eigenvalue weighted by Gasteiger charge is -2.25. The topological polar surface area (TPSA) is 41.5 Å². The fourth-order valence-electron chi connectivity index (χ4n) is 1.86. The van der Waals surface area contributed by atoms with Gasteiger partial charge in [0.05, 0.1) is 12.7 Å². The zero-order valence-electron chi connectivity index (χ0n) is 10.7. The minimum absolute atomic E-state index is 0.361. The smallest absolute Gasteiger partial charge is 0.0897 e. The summed E-state index contributed by atoms with van der Waals surface area (Å²) in [5.74, 6) is 1.49. The summed E-state index contributed by atoms with van der Waals surface area (Å²) >= 11 is 0. The van der Waals surface area contributed by atoms with Gasteiger partial charge in [0.25, 0.3) is 0 Å². The fraction of sp³-hybridized carbons (Fsp3) is 1.00. The Morgan fingerprint density at radius 2 is 2.06 bits per heavy atom. The van der Waals surface area contributed by atoms with Crippen LogP contribution < -0.4 is 5.32 Å².